The van der Waals surface area contributed by atoms with Crippen LogP contribution in [0.4, 0.5) is 5.13 Å². The third-order valence-corrected chi connectivity index (χ3v) is 5.03. The van der Waals surface area contributed by atoms with Crippen molar-refractivity contribution in [2.75, 3.05) is 25.1 Å². The maximum absolute atomic E-state index is 11.3. The molecule has 1 saturated heterocycles. The molecule has 1 aliphatic rings. The van der Waals surface area contributed by atoms with Crippen LogP contribution in [0.25, 0.3) is 0 Å². The largest absolute Gasteiger partial charge is 0.481 e. The summed E-state index contributed by atoms with van der Waals surface area (Å²) in [7, 11) is 1.74. The first-order chi connectivity index (χ1) is 9.36. The van der Waals surface area contributed by atoms with E-state index in [-0.39, 0.29) is 6.10 Å². The molecule has 2 unspecified atom stereocenters. The van der Waals surface area contributed by atoms with E-state index < -0.39 is 11.4 Å². The van der Waals surface area contributed by atoms with E-state index in [2.05, 4.69) is 16.8 Å². The van der Waals surface area contributed by atoms with Crippen molar-refractivity contribution in [2.24, 2.45) is 5.92 Å². The zero-order valence-electron chi connectivity index (χ0n) is 12.4. The Hall–Kier alpha value is -1.14. The first-order valence-corrected chi connectivity index (χ1v) is 7.71. The molecule has 112 valence electrons. The van der Waals surface area contributed by atoms with E-state index in [1.165, 1.54) is 11.3 Å². The van der Waals surface area contributed by atoms with Gasteiger partial charge in [-0.05, 0) is 26.2 Å². The van der Waals surface area contributed by atoms with Crippen molar-refractivity contribution < 1.29 is 14.6 Å². The van der Waals surface area contributed by atoms with Crippen LogP contribution >= 0.6 is 11.3 Å². The topological polar surface area (TPSA) is 62.7 Å². The minimum absolute atomic E-state index is 0.212. The fourth-order valence-electron chi connectivity index (χ4n) is 2.32. The van der Waals surface area contributed by atoms with Crippen LogP contribution in [0.2, 0.25) is 0 Å². The number of thiazole rings is 1. The number of carbonyl (C=O) groups is 1. The van der Waals surface area contributed by atoms with Gasteiger partial charge in [-0.25, -0.2) is 4.98 Å². The maximum atomic E-state index is 11.3. The number of ether oxygens (including phenoxy) is 1. The molecule has 2 rings (SSSR count). The number of nitrogens with zero attached hydrogens (tertiary/aromatic N) is 2. The highest BCUT2D eigenvalue weighted by atomic mass is 32.1. The normalized spacial score (nSPS) is 23.9. The Bertz CT molecular complexity index is 487. The van der Waals surface area contributed by atoms with Crippen LogP contribution in [0.3, 0.4) is 0 Å². The van der Waals surface area contributed by atoms with Crippen molar-refractivity contribution in [2.45, 2.75) is 38.7 Å². The highest BCUT2D eigenvalue weighted by Crippen LogP contribution is 2.31. The third-order valence-electron chi connectivity index (χ3n) is 4.13. The molecule has 2 heterocycles. The van der Waals surface area contributed by atoms with E-state index in [9.17, 15) is 9.90 Å². The Morgan fingerprint density at radius 1 is 1.60 bits per heavy atom. The van der Waals surface area contributed by atoms with Gasteiger partial charge in [0.1, 0.15) is 5.41 Å². The van der Waals surface area contributed by atoms with E-state index in [0.29, 0.717) is 11.6 Å². The highest BCUT2D eigenvalue weighted by molar-refractivity contribution is 7.13. The summed E-state index contributed by atoms with van der Waals surface area (Å²) >= 11 is 1.51. The third kappa shape index (κ3) is 2.81. The average Bonchev–Trinajstić information content (AvgIpc) is 2.89. The summed E-state index contributed by atoms with van der Waals surface area (Å²) in [6, 6.07) is 0. The average molecular weight is 298 g/mol. The Kier molecular flexibility index (Phi) is 4.34. The molecule has 0 saturated carbocycles. The van der Waals surface area contributed by atoms with Crippen LogP contribution in [0.5, 0.6) is 0 Å². The molecule has 2 atom stereocenters. The van der Waals surface area contributed by atoms with E-state index in [4.69, 9.17) is 4.74 Å². The second kappa shape index (κ2) is 5.69. The Balaban J connectivity index is 2.15. The van der Waals surface area contributed by atoms with Gasteiger partial charge < -0.3 is 14.7 Å². The van der Waals surface area contributed by atoms with Crippen molar-refractivity contribution in [1.82, 2.24) is 4.98 Å². The predicted octanol–water partition coefficient (Wildman–Crippen LogP) is 2.37. The van der Waals surface area contributed by atoms with Gasteiger partial charge in [-0.2, -0.15) is 0 Å². The van der Waals surface area contributed by atoms with Crippen LogP contribution < -0.4 is 4.90 Å². The molecule has 0 bridgehead atoms. The van der Waals surface area contributed by atoms with Gasteiger partial charge in [0.25, 0.3) is 0 Å². The van der Waals surface area contributed by atoms with Crippen molar-refractivity contribution in [3.05, 3.63) is 11.1 Å². The lowest BCUT2D eigenvalue weighted by molar-refractivity contribution is -0.142. The molecule has 1 N–H and O–H groups in total. The Morgan fingerprint density at radius 2 is 2.30 bits per heavy atom. The summed E-state index contributed by atoms with van der Waals surface area (Å²) in [6.07, 6.45) is 1.28. The second-order valence-electron chi connectivity index (χ2n) is 5.93. The molecule has 0 spiro atoms. The van der Waals surface area contributed by atoms with Crippen molar-refractivity contribution in [3.8, 4) is 0 Å². The molecule has 1 fully saturated rings. The number of piperidine rings is 1. The lowest BCUT2D eigenvalue weighted by atomic mass is 9.90. The number of hydrogen-bond donors (Lipinski definition) is 1. The summed E-state index contributed by atoms with van der Waals surface area (Å²) in [5, 5.41) is 12.0. The standard InChI is InChI=1S/C14H22N2O3S/c1-9-5-6-16(7-10(9)19-4)13-15-11(8-20-13)14(2,3)12(17)18/h8-10H,5-7H2,1-4H3,(H,17,18). The van der Waals surface area contributed by atoms with Gasteiger partial charge in [-0.3, -0.25) is 4.79 Å². The number of methoxy groups -OCH3 is 1. The van der Waals surface area contributed by atoms with E-state index >= 15 is 0 Å². The molecular formula is C14H22N2O3S. The molecule has 0 amide bonds. The van der Waals surface area contributed by atoms with Crippen molar-refractivity contribution in [1.29, 1.82) is 0 Å². The van der Waals surface area contributed by atoms with Gasteiger partial charge in [0.05, 0.1) is 11.8 Å². The molecule has 20 heavy (non-hydrogen) atoms. The fraction of sp³-hybridized carbons (Fsp3) is 0.714. The van der Waals surface area contributed by atoms with Gasteiger partial charge in [-0.15, -0.1) is 11.3 Å². The molecule has 1 aromatic heterocycles. The maximum Gasteiger partial charge on any atom is 0.315 e. The first-order valence-electron chi connectivity index (χ1n) is 6.83. The number of carboxylic acid groups (broad SMARTS) is 1. The van der Waals surface area contributed by atoms with Gasteiger partial charge in [0, 0.05) is 25.6 Å². The first kappa shape index (κ1) is 15.3. The molecule has 0 radical (unpaired) electrons. The number of aromatic nitrogens is 1. The lowest BCUT2D eigenvalue weighted by Crippen LogP contribution is -2.44. The van der Waals surface area contributed by atoms with E-state index in [1.807, 2.05) is 5.38 Å². The fourth-order valence-corrected chi connectivity index (χ4v) is 3.35. The van der Waals surface area contributed by atoms with Gasteiger partial charge in [0.15, 0.2) is 5.13 Å². The smallest absolute Gasteiger partial charge is 0.315 e. The van der Waals surface area contributed by atoms with Crippen LogP contribution in [0, 0.1) is 5.92 Å². The van der Waals surface area contributed by atoms with Crippen LogP contribution in [0.1, 0.15) is 32.9 Å². The monoisotopic (exact) mass is 298 g/mol. The number of carboxylic acids is 1. The predicted molar refractivity (Wildman–Crippen MR) is 79.6 cm³/mol. The zero-order chi connectivity index (χ0) is 14.9. The number of hydrogen-bond acceptors (Lipinski definition) is 5. The summed E-state index contributed by atoms with van der Waals surface area (Å²) < 4.78 is 5.51. The number of anilines is 1. The van der Waals surface area contributed by atoms with Gasteiger partial charge in [-0.1, -0.05) is 6.92 Å². The second-order valence-corrected chi connectivity index (χ2v) is 6.77. The number of rotatable bonds is 4. The Labute approximate surface area is 123 Å². The van der Waals surface area contributed by atoms with Crippen molar-refractivity contribution in [3.63, 3.8) is 0 Å². The minimum Gasteiger partial charge on any atom is -0.481 e. The highest BCUT2D eigenvalue weighted by Gasteiger charge is 2.34. The molecule has 0 aliphatic carbocycles. The van der Waals surface area contributed by atoms with E-state index in [0.717, 1.165) is 24.6 Å². The quantitative estimate of drug-likeness (QED) is 0.924. The summed E-state index contributed by atoms with van der Waals surface area (Å²) in [5.41, 5.74) is -0.323. The SMILES string of the molecule is COC1CN(c2nc(C(C)(C)C(=O)O)cs2)CCC1C. The van der Waals surface area contributed by atoms with Crippen LogP contribution in [0.15, 0.2) is 5.38 Å². The van der Waals surface area contributed by atoms with Gasteiger partial charge in [0.2, 0.25) is 0 Å². The number of aliphatic carboxylic acids is 1. The zero-order valence-corrected chi connectivity index (χ0v) is 13.2. The molecule has 1 aliphatic heterocycles. The lowest BCUT2D eigenvalue weighted by Gasteiger charge is -2.36. The van der Waals surface area contributed by atoms with E-state index in [1.54, 1.807) is 21.0 Å². The molecule has 0 aromatic carbocycles. The molecule has 6 heteroatoms. The summed E-state index contributed by atoms with van der Waals surface area (Å²) in [4.78, 5) is 18.0. The molecular weight excluding hydrogens is 276 g/mol. The molecule has 1 aromatic rings. The summed E-state index contributed by atoms with van der Waals surface area (Å²) in [6.45, 7) is 7.33. The van der Waals surface area contributed by atoms with Crippen LogP contribution in [-0.4, -0.2) is 42.4 Å². The van der Waals surface area contributed by atoms with Crippen LogP contribution in [-0.2, 0) is 14.9 Å². The van der Waals surface area contributed by atoms with Crippen molar-refractivity contribution >= 4 is 22.4 Å². The minimum atomic E-state index is -0.946. The molecule has 5 nitrogen and oxygen atoms in total. The Morgan fingerprint density at radius 3 is 2.90 bits per heavy atom. The van der Waals surface area contributed by atoms with Gasteiger partial charge >= 0.3 is 5.97 Å². The summed E-state index contributed by atoms with van der Waals surface area (Å²) in [5.74, 6) is -0.303.